The van der Waals surface area contributed by atoms with Crippen LogP contribution >= 0.6 is 0 Å². The van der Waals surface area contributed by atoms with Gasteiger partial charge >= 0.3 is 6.18 Å². The van der Waals surface area contributed by atoms with Gasteiger partial charge in [-0.2, -0.15) is 18.3 Å². The average molecular weight is 333 g/mol. The third kappa shape index (κ3) is 2.35. The Morgan fingerprint density at radius 3 is 2.54 bits per heavy atom. The Balaban J connectivity index is 1.80. The molecule has 1 aliphatic carbocycles. The molecule has 0 amide bonds. The summed E-state index contributed by atoms with van der Waals surface area (Å²) in [6.45, 7) is 0. The van der Waals surface area contributed by atoms with E-state index in [-0.39, 0.29) is 5.78 Å². The topological polar surface area (TPSA) is 47.2 Å². The van der Waals surface area contributed by atoms with Crippen molar-refractivity contribution in [1.82, 2.24) is 9.78 Å². The summed E-state index contributed by atoms with van der Waals surface area (Å²) in [5.41, 5.74) is 0.747. The van der Waals surface area contributed by atoms with Gasteiger partial charge in [-0.25, -0.2) is 9.67 Å². The standard InChI is InChI=1S/C17H14F3N3O/c18-17(19,20)11-6-4-10(5-7-11)16-15-12(2-1-3-13(15)24)22-14-8-9-21-23(14)16/h4-9,15-16H,1-3H2. The Morgan fingerprint density at radius 1 is 1.08 bits per heavy atom. The van der Waals surface area contributed by atoms with Crippen LogP contribution < -0.4 is 0 Å². The molecule has 0 bridgehead atoms. The first kappa shape index (κ1) is 15.1. The highest BCUT2D eigenvalue weighted by atomic mass is 19.4. The number of fused-ring (bicyclic) bond motifs is 2. The molecule has 0 N–H and O–H groups in total. The Kier molecular flexibility index (Phi) is 3.33. The highest BCUT2D eigenvalue weighted by Crippen LogP contribution is 2.41. The van der Waals surface area contributed by atoms with Crippen molar-refractivity contribution in [2.75, 3.05) is 0 Å². The molecule has 2 heterocycles. The van der Waals surface area contributed by atoms with E-state index in [0.717, 1.165) is 30.7 Å². The molecule has 1 aliphatic heterocycles. The number of carbonyl (C=O) groups is 1. The van der Waals surface area contributed by atoms with Gasteiger partial charge in [0, 0.05) is 18.2 Å². The predicted molar refractivity (Wildman–Crippen MR) is 81.3 cm³/mol. The molecule has 1 saturated carbocycles. The van der Waals surface area contributed by atoms with E-state index >= 15 is 0 Å². The fourth-order valence-electron chi connectivity index (χ4n) is 3.53. The van der Waals surface area contributed by atoms with E-state index < -0.39 is 23.7 Å². The number of hydrogen-bond acceptors (Lipinski definition) is 3. The summed E-state index contributed by atoms with van der Waals surface area (Å²) in [4.78, 5) is 17.0. The molecule has 2 aromatic rings. The lowest BCUT2D eigenvalue weighted by Crippen LogP contribution is -2.39. The molecule has 0 saturated heterocycles. The number of ketones is 1. The van der Waals surface area contributed by atoms with Crippen LogP contribution in [0.2, 0.25) is 0 Å². The van der Waals surface area contributed by atoms with Crippen LogP contribution in [-0.4, -0.2) is 21.3 Å². The quantitative estimate of drug-likeness (QED) is 0.793. The van der Waals surface area contributed by atoms with Crippen molar-refractivity contribution in [3.63, 3.8) is 0 Å². The van der Waals surface area contributed by atoms with Gasteiger partial charge in [-0.05, 0) is 30.5 Å². The number of nitrogens with zero attached hydrogens (tertiary/aromatic N) is 3. The zero-order valence-electron chi connectivity index (χ0n) is 12.6. The lowest BCUT2D eigenvalue weighted by atomic mass is 9.77. The second kappa shape index (κ2) is 5.29. The second-order valence-electron chi connectivity index (χ2n) is 6.10. The van der Waals surface area contributed by atoms with Crippen molar-refractivity contribution in [2.24, 2.45) is 10.9 Å². The van der Waals surface area contributed by atoms with Crippen molar-refractivity contribution in [3.05, 3.63) is 47.7 Å². The normalized spacial score (nSPS) is 23.5. The van der Waals surface area contributed by atoms with Gasteiger partial charge < -0.3 is 0 Å². The molecule has 0 radical (unpaired) electrons. The number of alkyl halides is 3. The number of aliphatic imine (C=N–C) groups is 1. The molecule has 2 unspecified atom stereocenters. The van der Waals surface area contributed by atoms with E-state index in [4.69, 9.17) is 0 Å². The maximum atomic E-state index is 12.8. The minimum Gasteiger partial charge on any atom is -0.299 e. The number of halogens is 3. The highest BCUT2D eigenvalue weighted by Gasteiger charge is 2.41. The molecule has 0 spiro atoms. The van der Waals surface area contributed by atoms with E-state index in [0.29, 0.717) is 17.8 Å². The molecule has 2 atom stereocenters. The smallest absolute Gasteiger partial charge is 0.299 e. The largest absolute Gasteiger partial charge is 0.416 e. The van der Waals surface area contributed by atoms with E-state index in [2.05, 4.69) is 10.1 Å². The van der Waals surface area contributed by atoms with Crippen LogP contribution in [0, 0.1) is 5.92 Å². The number of hydrogen-bond donors (Lipinski definition) is 0. The molecule has 1 aromatic carbocycles. The number of Topliss-reactive ketones (excluding diaryl/α,β-unsaturated/α-hetero) is 1. The van der Waals surface area contributed by atoms with Crippen molar-refractivity contribution >= 4 is 17.3 Å². The van der Waals surface area contributed by atoms with Gasteiger partial charge in [-0.3, -0.25) is 4.79 Å². The molecule has 7 heteroatoms. The summed E-state index contributed by atoms with van der Waals surface area (Å²) in [6, 6.07) is 6.29. The number of aromatic nitrogens is 2. The van der Waals surface area contributed by atoms with Gasteiger partial charge in [0.25, 0.3) is 0 Å². The Morgan fingerprint density at radius 2 is 1.83 bits per heavy atom. The maximum absolute atomic E-state index is 12.8. The van der Waals surface area contributed by atoms with Crippen molar-refractivity contribution in [1.29, 1.82) is 0 Å². The van der Waals surface area contributed by atoms with Crippen LogP contribution in [0.15, 0.2) is 41.5 Å². The first-order valence-electron chi connectivity index (χ1n) is 7.76. The first-order valence-corrected chi connectivity index (χ1v) is 7.76. The summed E-state index contributed by atoms with van der Waals surface area (Å²) in [5, 5.41) is 4.25. The third-order valence-corrected chi connectivity index (χ3v) is 4.63. The summed E-state index contributed by atoms with van der Waals surface area (Å²) in [5.74, 6) is 0.273. The van der Waals surface area contributed by atoms with Gasteiger partial charge in [0.15, 0.2) is 5.82 Å². The fourth-order valence-corrected chi connectivity index (χ4v) is 3.53. The van der Waals surface area contributed by atoms with Gasteiger partial charge in [-0.15, -0.1) is 0 Å². The number of benzene rings is 1. The Labute approximate surface area is 136 Å². The maximum Gasteiger partial charge on any atom is 0.416 e. The van der Waals surface area contributed by atoms with Gasteiger partial charge in [0.1, 0.15) is 5.78 Å². The number of rotatable bonds is 1. The second-order valence-corrected chi connectivity index (χ2v) is 6.10. The summed E-state index contributed by atoms with van der Waals surface area (Å²) < 4.78 is 40.0. The minimum absolute atomic E-state index is 0.0750. The molecule has 1 aromatic heterocycles. The van der Waals surface area contributed by atoms with E-state index in [1.54, 1.807) is 16.9 Å². The fraction of sp³-hybridized carbons (Fsp3) is 0.353. The van der Waals surface area contributed by atoms with Gasteiger partial charge in [0.2, 0.25) is 0 Å². The van der Waals surface area contributed by atoms with Crippen LogP contribution in [-0.2, 0) is 11.0 Å². The lowest BCUT2D eigenvalue weighted by Gasteiger charge is -2.34. The Bertz CT molecular complexity index is 820. The SMILES string of the molecule is O=C1CCCC2=Nc3ccnn3C(c3ccc(C(F)(F)F)cc3)C12. The van der Waals surface area contributed by atoms with Crippen LogP contribution in [0.4, 0.5) is 19.0 Å². The monoisotopic (exact) mass is 333 g/mol. The van der Waals surface area contributed by atoms with Gasteiger partial charge in [-0.1, -0.05) is 12.1 Å². The van der Waals surface area contributed by atoms with E-state index in [9.17, 15) is 18.0 Å². The van der Waals surface area contributed by atoms with Crippen LogP contribution in [0.1, 0.15) is 36.4 Å². The van der Waals surface area contributed by atoms with Crippen LogP contribution in [0.5, 0.6) is 0 Å². The predicted octanol–water partition coefficient (Wildman–Crippen LogP) is 3.95. The molecule has 24 heavy (non-hydrogen) atoms. The summed E-state index contributed by atoms with van der Waals surface area (Å²) in [6.07, 6.45) is -0.814. The van der Waals surface area contributed by atoms with E-state index in [1.165, 1.54) is 12.1 Å². The minimum atomic E-state index is -4.38. The summed E-state index contributed by atoms with van der Waals surface area (Å²) in [7, 11) is 0. The van der Waals surface area contributed by atoms with Crippen molar-refractivity contribution in [3.8, 4) is 0 Å². The van der Waals surface area contributed by atoms with Crippen LogP contribution in [0.3, 0.4) is 0 Å². The molecule has 4 nitrogen and oxygen atoms in total. The molecular weight excluding hydrogens is 319 g/mol. The number of carbonyl (C=O) groups excluding carboxylic acids is 1. The van der Waals surface area contributed by atoms with Crippen molar-refractivity contribution in [2.45, 2.75) is 31.5 Å². The molecule has 124 valence electrons. The lowest BCUT2D eigenvalue weighted by molar-refractivity contribution is -0.137. The highest BCUT2D eigenvalue weighted by molar-refractivity contribution is 6.09. The molecule has 1 fully saturated rings. The van der Waals surface area contributed by atoms with Crippen molar-refractivity contribution < 1.29 is 18.0 Å². The molecular formula is C17H14F3N3O. The van der Waals surface area contributed by atoms with Crippen LogP contribution in [0.25, 0.3) is 0 Å². The zero-order chi connectivity index (χ0) is 16.9. The van der Waals surface area contributed by atoms with E-state index in [1.807, 2.05) is 0 Å². The summed E-state index contributed by atoms with van der Waals surface area (Å²) >= 11 is 0. The van der Waals surface area contributed by atoms with Gasteiger partial charge in [0.05, 0.1) is 23.7 Å². The zero-order valence-corrected chi connectivity index (χ0v) is 12.6. The Hall–Kier alpha value is -2.44. The third-order valence-electron chi connectivity index (χ3n) is 4.63. The first-order chi connectivity index (χ1) is 11.4. The molecule has 4 rings (SSSR count). The average Bonchev–Trinajstić information content (AvgIpc) is 3.00. The molecule has 2 aliphatic rings.